The molecule has 6 heteroatoms. The fraction of sp³-hybridized carbons (Fsp3) is 0.700. The molecule has 1 rings (SSSR count). The quantitative estimate of drug-likeness (QED) is 0.381. The lowest BCUT2D eigenvalue weighted by Crippen LogP contribution is -2.41. The molecular formula is C20H38N6. The predicted molar refractivity (Wildman–Crippen MR) is 113 cm³/mol. The van der Waals surface area contributed by atoms with Crippen molar-refractivity contribution in [3.63, 3.8) is 0 Å². The summed E-state index contributed by atoms with van der Waals surface area (Å²) in [5, 5.41) is 6.75. The third kappa shape index (κ3) is 8.04. The van der Waals surface area contributed by atoms with Crippen LogP contribution in [0.3, 0.4) is 0 Å². The summed E-state index contributed by atoms with van der Waals surface area (Å²) in [6.07, 6.45) is 1.09. The molecule has 0 bridgehead atoms. The highest BCUT2D eigenvalue weighted by molar-refractivity contribution is 5.79. The smallest absolute Gasteiger partial charge is 0.191 e. The highest BCUT2D eigenvalue weighted by Gasteiger charge is 2.12. The Morgan fingerprint density at radius 3 is 2.38 bits per heavy atom. The highest BCUT2D eigenvalue weighted by atomic mass is 15.2. The molecule has 1 aromatic heterocycles. The second kappa shape index (κ2) is 11.7. The van der Waals surface area contributed by atoms with Crippen molar-refractivity contribution in [3.8, 4) is 0 Å². The van der Waals surface area contributed by atoms with Crippen LogP contribution in [-0.2, 0) is 6.54 Å². The van der Waals surface area contributed by atoms with E-state index >= 15 is 0 Å². The first-order chi connectivity index (χ1) is 12.3. The minimum Gasteiger partial charge on any atom is -0.363 e. The average Bonchev–Trinajstić information content (AvgIpc) is 2.58. The van der Waals surface area contributed by atoms with Crippen molar-refractivity contribution in [2.45, 2.75) is 59.7 Å². The number of aromatic nitrogens is 1. The van der Waals surface area contributed by atoms with Gasteiger partial charge in [-0.2, -0.15) is 0 Å². The van der Waals surface area contributed by atoms with Crippen LogP contribution in [0.4, 0.5) is 5.82 Å². The monoisotopic (exact) mass is 362 g/mol. The van der Waals surface area contributed by atoms with Crippen molar-refractivity contribution < 1.29 is 0 Å². The van der Waals surface area contributed by atoms with E-state index in [1.165, 1.54) is 0 Å². The third-order valence-electron chi connectivity index (χ3n) is 4.21. The number of nitrogens with zero attached hydrogens (tertiary/aromatic N) is 4. The molecule has 0 saturated carbocycles. The first-order valence-corrected chi connectivity index (χ1v) is 9.76. The molecule has 0 aliphatic carbocycles. The first-order valence-electron chi connectivity index (χ1n) is 9.76. The number of rotatable bonds is 10. The van der Waals surface area contributed by atoms with Crippen molar-refractivity contribution in [2.24, 2.45) is 4.99 Å². The maximum atomic E-state index is 4.67. The molecule has 0 atom stereocenters. The van der Waals surface area contributed by atoms with E-state index in [4.69, 9.17) is 0 Å². The Kier molecular flexibility index (Phi) is 10.0. The van der Waals surface area contributed by atoms with Crippen LogP contribution < -0.4 is 15.5 Å². The zero-order valence-electron chi connectivity index (χ0n) is 17.7. The Hall–Kier alpha value is -1.82. The van der Waals surface area contributed by atoms with E-state index in [0.29, 0.717) is 18.6 Å². The molecule has 6 nitrogen and oxygen atoms in total. The fourth-order valence-electron chi connectivity index (χ4n) is 2.89. The SMILES string of the molecule is CCNC(=NCc1cccc(N(C)C)n1)NCCCN(C(C)C)C(C)C. The van der Waals surface area contributed by atoms with Crippen molar-refractivity contribution in [1.29, 1.82) is 0 Å². The second-order valence-corrected chi connectivity index (χ2v) is 7.28. The molecule has 0 aliphatic heterocycles. The summed E-state index contributed by atoms with van der Waals surface area (Å²) >= 11 is 0. The fourth-order valence-corrected chi connectivity index (χ4v) is 2.89. The molecule has 0 unspecified atom stereocenters. The molecule has 0 radical (unpaired) electrons. The van der Waals surface area contributed by atoms with Gasteiger partial charge in [-0.1, -0.05) is 6.07 Å². The molecule has 2 N–H and O–H groups in total. The van der Waals surface area contributed by atoms with Gasteiger partial charge in [0.2, 0.25) is 0 Å². The average molecular weight is 363 g/mol. The van der Waals surface area contributed by atoms with E-state index < -0.39 is 0 Å². The van der Waals surface area contributed by atoms with Crippen LogP contribution in [-0.4, -0.2) is 61.7 Å². The number of hydrogen-bond donors (Lipinski definition) is 2. The molecular weight excluding hydrogens is 324 g/mol. The van der Waals surface area contributed by atoms with Crippen LogP contribution in [0.15, 0.2) is 23.2 Å². The first kappa shape index (κ1) is 22.2. The molecule has 1 aromatic rings. The van der Waals surface area contributed by atoms with Gasteiger partial charge in [-0.25, -0.2) is 9.98 Å². The van der Waals surface area contributed by atoms with Gasteiger partial charge in [-0.15, -0.1) is 0 Å². The van der Waals surface area contributed by atoms with Gasteiger partial charge in [-0.3, -0.25) is 4.90 Å². The number of anilines is 1. The lowest BCUT2D eigenvalue weighted by Gasteiger charge is -2.30. The Morgan fingerprint density at radius 2 is 1.81 bits per heavy atom. The van der Waals surface area contributed by atoms with Crippen LogP contribution >= 0.6 is 0 Å². The van der Waals surface area contributed by atoms with Gasteiger partial charge in [0, 0.05) is 45.8 Å². The highest BCUT2D eigenvalue weighted by Crippen LogP contribution is 2.08. The Bertz CT molecular complexity index is 531. The predicted octanol–water partition coefficient (Wildman–Crippen LogP) is 2.71. The molecule has 0 aliphatic rings. The molecule has 0 amide bonds. The number of hydrogen-bond acceptors (Lipinski definition) is 4. The number of pyridine rings is 1. The van der Waals surface area contributed by atoms with E-state index in [0.717, 1.165) is 43.5 Å². The lowest BCUT2D eigenvalue weighted by atomic mass is 10.2. The van der Waals surface area contributed by atoms with Gasteiger partial charge >= 0.3 is 0 Å². The van der Waals surface area contributed by atoms with Gasteiger partial charge in [0.25, 0.3) is 0 Å². The number of nitrogens with one attached hydrogen (secondary N) is 2. The molecule has 0 fully saturated rings. The van der Waals surface area contributed by atoms with E-state index in [1.54, 1.807) is 0 Å². The Morgan fingerprint density at radius 1 is 1.12 bits per heavy atom. The van der Waals surface area contributed by atoms with Gasteiger partial charge in [0.05, 0.1) is 12.2 Å². The topological polar surface area (TPSA) is 55.8 Å². The van der Waals surface area contributed by atoms with Crippen LogP contribution in [0.25, 0.3) is 0 Å². The summed E-state index contributed by atoms with van der Waals surface area (Å²) in [4.78, 5) is 13.8. The van der Waals surface area contributed by atoms with Crippen LogP contribution in [0.5, 0.6) is 0 Å². The second-order valence-electron chi connectivity index (χ2n) is 7.28. The standard InChI is InChI=1S/C20H38N6/c1-8-21-20(22-13-10-14-26(16(2)3)17(4)5)23-15-18-11-9-12-19(24-18)25(6)7/h9,11-12,16-17H,8,10,13-15H2,1-7H3,(H2,21,22,23). The Labute approximate surface area is 160 Å². The van der Waals surface area contributed by atoms with Gasteiger partial charge in [0.1, 0.15) is 5.82 Å². The van der Waals surface area contributed by atoms with E-state index in [1.807, 2.05) is 37.2 Å². The minimum atomic E-state index is 0.571. The van der Waals surface area contributed by atoms with Crippen LogP contribution in [0, 0.1) is 0 Å². The van der Waals surface area contributed by atoms with E-state index in [-0.39, 0.29) is 0 Å². The summed E-state index contributed by atoms with van der Waals surface area (Å²) in [6, 6.07) is 7.20. The Balaban J connectivity index is 2.54. The normalized spacial score (nSPS) is 12.2. The van der Waals surface area contributed by atoms with Crippen molar-refractivity contribution >= 4 is 11.8 Å². The zero-order valence-corrected chi connectivity index (χ0v) is 17.7. The molecule has 0 aromatic carbocycles. The molecule has 0 saturated heterocycles. The summed E-state index contributed by atoms with van der Waals surface area (Å²) in [6.45, 7) is 14.5. The van der Waals surface area contributed by atoms with Crippen molar-refractivity contribution in [1.82, 2.24) is 20.5 Å². The van der Waals surface area contributed by atoms with E-state index in [2.05, 4.69) is 60.1 Å². The lowest BCUT2D eigenvalue weighted by molar-refractivity contribution is 0.173. The van der Waals surface area contributed by atoms with Gasteiger partial charge in [0.15, 0.2) is 5.96 Å². The maximum Gasteiger partial charge on any atom is 0.191 e. The third-order valence-corrected chi connectivity index (χ3v) is 4.21. The zero-order chi connectivity index (χ0) is 19.5. The summed E-state index contributed by atoms with van der Waals surface area (Å²) < 4.78 is 0. The van der Waals surface area contributed by atoms with Crippen LogP contribution in [0.1, 0.15) is 46.7 Å². The van der Waals surface area contributed by atoms with Gasteiger partial charge < -0.3 is 15.5 Å². The largest absolute Gasteiger partial charge is 0.363 e. The maximum absolute atomic E-state index is 4.67. The van der Waals surface area contributed by atoms with Gasteiger partial charge in [-0.05, 0) is 53.2 Å². The van der Waals surface area contributed by atoms with E-state index in [9.17, 15) is 0 Å². The molecule has 0 spiro atoms. The summed E-state index contributed by atoms with van der Waals surface area (Å²) in [5.74, 6) is 1.81. The number of guanidine groups is 1. The van der Waals surface area contributed by atoms with Crippen molar-refractivity contribution in [3.05, 3.63) is 23.9 Å². The van der Waals surface area contributed by atoms with Crippen LogP contribution in [0.2, 0.25) is 0 Å². The van der Waals surface area contributed by atoms with Crippen molar-refractivity contribution in [2.75, 3.05) is 38.6 Å². The number of aliphatic imine (C=N–C) groups is 1. The molecule has 26 heavy (non-hydrogen) atoms. The molecule has 148 valence electrons. The summed E-state index contributed by atoms with van der Waals surface area (Å²) in [5.41, 5.74) is 0.971. The summed E-state index contributed by atoms with van der Waals surface area (Å²) in [7, 11) is 4.00. The molecule has 1 heterocycles. The minimum absolute atomic E-state index is 0.571.